The van der Waals surface area contributed by atoms with Crippen molar-refractivity contribution in [1.82, 2.24) is 4.90 Å². The highest BCUT2D eigenvalue weighted by Crippen LogP contribution is 2.23. The van der Waals surface area contributed by atoms with E-state index in [1.165, 1.54) is 18.2 Å². The van der Waals surface area contributed by atoms with Crippen molar-refractivity contribution in [3.05, 3.63) is 28.8 Å². The van der Waals surface area contributed by atoms with Crippen LogP contribution in [0.25, 0.3) is 0 Å². The van der Waals surface area contributed by atoms with Crippen molar-refractivity contribution in [2.75, 3.05) is 37.7 Å². The quantitative estimate of drug-likeness (QED) is 0.891. The van der Waals surface area contributed by atoms with Crippen molar-refractivity contribution in [1.29, 1.82) is 0 Å². The molecule has 1 aliphatic heterocycles. The van der Waals surface area contributed by atoms with Crippen LogP contribution in [-0.2, 0) is 10.8 Å². The molecule has 20 heavy (non-hydrogen) atoms. The van der Waals surface area contributed by atoms with Crippen LogP contribution in [0.3, 0.4) is 0 Å². The topological polar surface area (TPSA) is 66.8 Å². The number of carbonyl (C=O) groups is 1. The van der Waals surface area contributed by atoms with E-state index in [2.05, 4.69) is 4.90 Å². The number of ether oxygens (including phenoxy) is 1. The summed E-state index contributed by atoms with van der Waals surface area (Å²) in [6.07, 6.45) is 0. The normalized spacial score (nSPS) is 17.1. The van der Waals surface area contributed by atoms with E-state index in [1.54, 1.807) is 0 Å². The van der Waals surface area contributed by atoms with E-state index in [-0.39, 0.29) is 11.3 Å². The van der Waals surface area contributed by atoms with Crippen LogP contribution in [0.1, 0.15) is 10.4 Å². The molecule has 0 bridgehead atoms. The molecule has 0 aliphatic carbocycles. The molecular weight excluding hydrogens is 302 g/mol. The molecule has 1 aliphatic rings. The number of hydrogen-bond acceptors (Lipinski definition) is 4. The zero-order chi connectivity index (χ0) is 14.5. The molecule has 0 spiro atoms. The summed E-state index contributed by atoms with van der Waals surface area (Å²) in [5.74, 6) is 0.630. The smallest absolute Gasteiger partial charge is 0.339 e. The lowest BCUT2D eigenvalue weighted by Crippen LogP contribution is -2.39. The Kier molecular flexibility index (Phi) is 5.39. The van der Waals surface area contributed by atoms with Gasteiger partial charge < -0.3 is 9.84 Å². The maximum Gasteiger partial charge on any atom is 0.339 e. The van der Waals surface area contributed by atoms with Gasteiger partial charge in [-0.05, 0) is 18.2 Å². The highest BCUT2D eigenvalue weighted by Gasteiger charge is 2.16. The fourth-order valence-electron chi connectivity index (χ4n) is 1.98. The molecule has 1 aromatic rings. The minimum Gasteiger partial charge on any atom is -0.491 e. The molecule has 0 amide bonds. The predicted molar refractivity (Wildman–Crippen MR) is 78.2 cm³/mol. The Morgan fingerprint density at radius 3 is 2.75 bits per heavy atom. The highest BCUT2D eigenvalue weighted by molar-refractivity contribution is 7.85. The molecule has 5 nitrogen and oxygen atoms in total. The van der Waals surface area contributed by atoms with Crippen molar-refractivity contribution < 1.29 is 18.8 Å². The number of carboxylic acids is 1. The Balaban J connectivity index is 1.89. The fourth-order valence-corrected chi connectivity index (χ4v) is 3.27. The summed E-state index contributed by atoms with van der Waals surface area (Å²) >= 11 is 5.85. The van der Waals surface area contributed by atoms with Gasteiger partial charge in [0.05, 0.1) is 0 Å². The highest BCUT2D eigenvalue weighted by atomic mass is 35.5. The minimum absolute atomic E-state index is 0.106. The van der Waals surface area contributed by atoms with E-state index in [1.807, 2.05) is 0 Å². The van der Waals surface area contributed by atoms with E-state index in [0.29, 0.717) is 29.7 Å². The van der Waals surface area contributed by atoms with Crippen molar-refractivity contribution in [3.63, 3.8) is 0 Å². The van der Waals surface area contributed by atoms with Crippen LogP contribution in [0, 0.1) is 0 Å². The molecule has 0 atom stereocenters. The molecule has 0 saturated carbocycles. The van der Waals surface area contributed by atoms with Gasteiger partial charge in [-0.2, -0.15) is 0 Å². The minimum atomic E-state index is -1.04. The van der Waals surface area contributed by atoms with Crippen molar-refractivity contribution in [2.24, 2.45) is 0 Å². The Bertz CT molecular complexity index is 513. The molecule has 1 heterocycles. The first-order valence-corrected chi connectivity index (χ1v) is 8.16. The van der Waals surface area contributed by atoms with Crippen molar-refractivity contribution >= 4 is 28.4 Å². The lowest BCUT2D eigenvalue weighted by atomic mass is 10.2. The summed E-state index contributed by atoms with van der Waals surface area (Å²) in [5.41, 5.74) is 0.106. The molecule has 2 rings (SSSR count). The van der Waals surface area contributed by atoms with Crippen LogP contribution in [0.5, 0.6) is 5.75 Å². The third-order valence-corrected chi connectivity index (χ3v) is 4.62. The van der Waals surface area contributed by atoms with Gasteiger partial charge in [0.2, 0.25) is 0 Å². The third-order valence-electron chi connectivity index (χ3n) is 3.11. The summed E-state index contributed by atoms with van der Waals surface area (Å²) in [4.78, 5) is 13.2. The monoisotopic (exact) mass is 317 g/mol. The van der Waals surface area contributed by atoms with Gasteiger partial charge in [0.25, 0.3) is 0 Å². The standard InChI is InChI=1S/C13H16ClNO4S/c14-10-1-2-11(13(16)17)12(9-10)19-6-3-15-4-7-20(18)8-5-15/h1-2,9H,3-8H2,(H,16,17). The molecule has 0 unspecified atom stereocenters. The van der Waals surface area contributed by atoms with E-state index < -0.39 is 16.8 Å². The summed E-state index contributed by atoms with van der Waals surface area (Å²) in [6.45, 7) is 2.64. The van der Waals surface area contributed by atoms with E-state index >= 15 is 0 Å². The maximum atomic E-state index is 11.2. The molecule has 1 fully saturated rings. The summed E-state index contributed by atoms with van der Waals surface area (Å²) in [5, 5.41) is 9.51. The number of rotatable bonds is 5. The van der Waals surface area contributed by atoms with Crippen molar-refractivity contribution in [3.8, 4) is 5.75 Å². The van der Waals surface area contributed by atoms with Crippen LogP contribution in [0.15, 0.2) is 18.2 Å². The largest absolute Gasteiger partial charge is 0.491 e. The van der Waals surface area contributed by atoms with E-state index in [9.17, 15) is 9.00 Å². The molecule has 1 aromatic carbocycles. The average Bonchev–Trinajstić information content (AvgIpc) is 2.41. The summed E-state index contributed by atoms with van der Waals surface area (Å²) < 4.78 is 16.8. The van der Waals surface area contributed by atoms with Gasteiger partial charge in [-0.1, -0.05) is 11.6 Å². The maximum absolute atomic E-state index is 11.2. The Hall–Kier alpha value is -1.11. The molecule has 1 N–H and O–H groups in total. The zero-order valence-corrected chi connectivity index (χ0v) is 12.5. The lowest BCUT2D eigenvalue weighted by Gasteiger charge is -2.25. The van der Waals surface area contributed by atoms with Crippen LogP contribution in [0.2, 0.25) is 5.02 Å². The Labute approximate surface area is 124 Å². The molecule has 7 heteroatoms. The molecule has 110 valence electrons. The number of hydrogen-bond donors (Lipinski definition) is 1. The SMILES string of the molecule is O=C(O)c1ccc(Cl)cc1OCCN1CCS(=O)CC1. The van der Waals surface area contributed by atoms with Crippen LogP contribution in [-0.4, -0.2) is 57.9 Å². The second-order valence-corrected chi connectivity index (χ2v) is 6.62. The number of halogens is 1. The van der Waals surface area contributed by atoms with Gasteiger partial charge in [-0.25, -0.2) is 4.79 Å². The van der Waals surface area contributed by atoms with Gasteiger partial charge in [-0.3, -0.25) is 9.11 Å². The first-order valence-electron chi connectivity index (χ1n) is 6.29. The first kappa shape index (κ1) is 15.3. The second-order valence-electron chi connectivity index (χ2n) is 4.48. The third kappa shape index (κ3) is 4.19. The number of aromatic carboxylic acids is 1. The van der Waals surface area contributed by atoms with Gasteiger partial charge in [-0.15, -0.1) is 0 Å². The van der Waals surface area contributed by atoms with Gasteiger partial charge in [0, 0.05) is 47.0 Å². The van der Waals surface area contributed by atoms with Gasteiger partial charge >= 0.3 is 5.97 Å². The lowest BCUT2D eigenvalue weighted by molar-refractivity contribution is 0.0691. The van der Waals surface area contributed by atoms with Gasteiger partial charge in [0.15, 0.2) is 0 Å². The summed E-state index contributed by atoms with van der Waals surface area (Å²) in [7, 11) is -0.693. The van der Waals surface area contributed by atoms with E-state index in [4.69, 9.17) is 21.4 Å². The van der Waals surface area contributed by atoms with E-state index in [0.717, 1.165) is 13.1 Å². The molecule has 1 saturated heterocycles. The van der Waals surface area contributed by atoms with Gasteiger partial charge in [0.1, 0.15) is 17.9 Å². The number of nitrogens with zero attached hydrogens (tertiary/aromatic N) is 1. The number of carboxylic acid groups (broad SMARTS) is 1. The summed E-state index contributed by atoms with van der Waals surface area (Å²) in [6, 6.07) is 4.47. The van der Waals surface area contributed by atoms with Crippen molar-refractivity contribution in [2.45, 2.75) is 0 Å². The zero-order valence-electron chi connectivity index (χ0n) is 10.9. The van der Waals surface area contributed by atoms with Crippen LogP contribution < -0.4 is 4.74 Å². The second kappa shape index (κ2) is 7.06. The average molecular weight is 318 g/mol. The molecule has 0 radical (unpaired) electrons. The first-order chi connectivity index (χ1) is 9.56. The molecular formula is C13H16ClNO4S. The van der Waals surface area contributed by atoms with Crippen LogP contribution >= 0.6 is 11.6 Å². The van der Waals surface area contributed by atoms with Crippen LogP contribution in [0.4, 0.5) is 0 Å². The Morgan fingerprint density at radius 2 is 2.10 bits per heavy atom. The predicted octanol–water partition coefficient (Wildman–Crippen LogP) is 1.48. The molecule has 0 aromatic heterocycles. The number of benzene rings is 1. The fraction of sp³-hybridized carbons (Fsp3) is 0.462. The Morgan fingerprint density at radius 1 is 1.40 bits per heavy atom.